The van der Waals surface area contributed by atoms with Crippen molar-refractivity contribution in [2.45, 2.75) is 33.1 Å². The molecule has 1 saturated carbocycles. The van der Waals surface area contributed by atoms with Gasteiger partial charge in [-0.2, -0.15) is 0 Å². The van der Waals surface area contributed by atoms with Crippen LogP contribution in [0.4, 0.5) is 5.00 Å². The Labute approximate surface area is 156 Å². The van der Waals surface area contributed by atoms with E-state index in [9.17, 15) is 19.5 Å². The number of carbonyl (C=O) groups excluding carboxylic acids is 3. The highest BCUT2D eigenvalue weighted by Gasteiger charge is 2.45. The van der Waals surface area contributed by atoms with Gasteiger partial charge in [-0.25, -0.2) is 4.79 Å². The minimum absolute atomic E-state index is 0.115. The summed E-state index contributed by atoms with van der Waals surface area (Å²) < 4.78 is 4.87. The second-order valence-electron chi connectivity index (χ2n) is 6.84. The molecule has 0 aliphatic heterocycles. The normalized spacial score (nSPS) is 26.6. The lowest BCUT2D eigenvalue weighted by atomic mass is 9.62. The Morgan fingerprint density at radius 1 is 1.23 bits per heavy atom. The predicted molar refractivity (Wildman–Crippen MR) is 95.7 cm³/mol. The molecule has 1 N–H and O–H groups in total. The summed E-state index contributed by atoms with van der Waals surface area (Å²) in [6, 6.07) is 0. The molecule has 4 rings (SSSR count). The van der Waals surface area contributed by atoms with Crippen molar-refractivity contribution in [1.82, 2.24) is 0 Å². The number of fused-ring (bicyclic) bond motifs is 2. The van der Waals surface area contributed by atoms with Crippen molar-refractivity contribution in [1.29, 1.82) is 0 Å². The number of carboxylic acid groups (broad SMARTS) is 1. The molecule has 2 bridgehead atoms. The van der Waals surface area contributed by atoms with Crippen molar-refractivity contribution < 1.29 is 24.2 Å². The number of rotatable bonds is 5. The minimum atomic E-state index is -1.19. The fourth-order valence-electron chi connectivity index (χ4n) is 4.28. The Morgan fingerprint density at radius 3 is 2.35 bits per heavy atom. The number of methoxy groups -OCH3 is 1. The number of amides is 1. The van der Waals surface area contributed by atoms with E-state index in [1.807, 2.05) is 26.0 Å². The zero-order valence-corrected chi connectivity index (χ0v) is 15.9. The number of allylic oxidation sites excluding steroid dienone is 2. The third-order valence-electron chi connectivity index (χ3n) is 5.51. The Kier molecular flexibility index (Phi) is 5.18. The summed E-state index contributed by atoms with van der Waals surface area (Å²) in [5.74, 6) is -3.84. The van der Waals surface area contributed by atoms with Gasteiger partial charge in [-0.3, -0.25) is 4.79 Å². The molecule has 3 aliphatic carbocycles. The number of thiophene rings is 1. The summed E-state index contributed by atoms with van der Waals surface area (Å²) in [6.07, 6.45) is 6.02. The van der Waals surface area contributed by atoms with Crippen LogP contribution in [0.5, 0.6) is 0 Å². The van der Waals surface area contributed by atoms with E-state index in [-0.39, 0.29) is 17.7 Å². The van der Waals surface area contributed by atoms with Crippen molar-refractivity contribution in [2.75, 3.05) is 12.4 Å². The molecule has 1 amide bonds. The maximum atomic E-state index is 13.0. The Morgan fingerprint density at radius 2 is 1.85 bits per heavy atom. The smallest absolute Gasteiger partial charge is 0.341 e. The molecule has 1 fully saturated rings. The van der Waals surface area contributed by atoms with Crippen LogP contribution in [-0.2, 0) is 20.7 Å². The van der Waals surface area contributed by atoms with Crippen molar-refractivity contribution in [2.24, 2.45) is 23.7 Å². The van der Waals surface area contributed by atoms with E-state index in [0.717, 1.165) is 23.3 Å². The van der Waals surface area contributed by atoms with E-state index < -0.39 is 23.8 Å². The second-order valence-corrected chi connectivity index (χ2v) is 8.06. The van der Waals surface area contributed by atoms with Crippen LogP contribution in [0.2, 0.25) is 0 Å². The van der Waals surface area contributed by atoms with E-state index in [0.29, 0.717) is 17.0 Å². The Balaban J connectivity index is 1.92. The molecule has 0 spiro atoms. The lowest BCUT2D eigenvalue weighted by Gasteiger charge is -2.44. The van der Waals surface area contributed by atoms with E-state index in [4.69, 9.17) is 4.74 Å². The molecule has 0 radical (unpaired) electrons. The van der Waals surface area contributed by atoms with Crippen molar-refractivity contribution in [3.63, 3.8) is 0 Å². The average molecular weight is 376 g/mol. The van der Waals surface area contributed by atoms with Crippen molar-refractivity contribution in [3.8, 4) is 0 Å². The molecule has 0 saturated heterocycles. The highest BCUT2D eigenvalue weighted by atomic mass is 32.1. The van der Waals surface area contributed by atoms with E-state index in [2.05, 4.69) is 5.32 Å². The summed E-state index contributed by atoms with van der Waals surface area (Å²) in [4.78, 5) is 37.7. The van der Waals surface area contributed by atoms with E-state index in [1.54, 1.807) is 0 Å². The zero-order valence-electron chi connectivity index (χ0n) is 15.0. The van der Waals surface area contributed by atoms with Crippen LogP contribution in [0.3, 0.4) is 0 Å². The van der Waals surface area contributed by atoms with Crippen molar-refractivity contribution in [3.05, 3.63) is 28.2 Å². The van der Waals surface area contributed by atoms with Gasteiger partial charge in [0.15, 0.2) is 0 Å². The highest BCUT2D eigenvalue weighted by Crippen LogP contribution is 2.45. The first-order valence-electron chi connectivity index (χ1n) is 8.79. The van der Waals surface area contributed by atoms with Gasteiger partial charge in [-0.1, -0.05) is 19.1 Å². The van der Waals surface area contributed by atoms with Gasteiger partial charge in [-0.15, -0.1) is 11.3 Å². The van der Waals surface area contributed by atoms with Gasteiger partial charge in [-0.05, 0) is 43.6 Å². The summed E-state index contributed by atoms with van der Waals surface area (Å²) in [5.41, 5.74) is 1.21. The quantitative estimate of drug-likeness (QED) is 0.626. The van der Waals surface area contributed by atoms with Crippen LogP contribution in [0.15, 0.2) is 12.2 Å². The fraction of sp³-hybridized carbons (Fsp3) is 0.526. The minimum Gasteiger partial charge on any atom is -0.550 e. The van der Waals surface area contributed by atoms with Crippen LogP contribution in [0, 0.1) is 30.6 Å². The van der Waals surface area contributed by atoms with Crippen molar-refractivity contribution >= 4 is 34.2 Å². The number of ether oxygens (including phenoxy) is 1. The Hall–Kier alpha value is -2.15. The fourth-order valence-corrected chi connectivity index (χ4v) is 5.41. The molecule has 0 aromatic carbocycles. The molecular weight excluding hydrogens is 354 g/mol. The zero-order chi connectivity index (χ0) is 19.0. The first-order chi connectivity index (χ1) is 12.4. The standard InChI is InChI=1S/C19H23NO5S/c1-4-12-9(2)26-17(15(12)19(24)25-3)20-16(21)13-10-5-7-11(8-6-10)14(13)18(22)23/h5,7,10-11,13-14H,4,6,8H2,1-3H3,(H,20,21)(H,22,23)/p-1/t10-,11+,13+,14+/m1/s1. The number of hydrogen-bond donors (Lipinski definition) is 1. The average Bonchev–Trinajstić information content (AvgIpc) is 2.95. The molecule has 1 heterocycles. The molecule has 4 atom stereocenters. The van der Waals surface area contributed by atoms with Gasteiger partial charge in [0.1, 0.15) is 5.00 Å². The molecule has 140 valence electrons. The van der Waals surface area contributed by atoms with Crippen LogP contribution in [0.1, 0.15) is 40.6 Å². The number of carboxylic acids is 1. The number of nitrogens with one attached hydrogen (secondary N) is 1. The van der Waals surface area contributed by atoms with Gasteiger partial charge in [0, 0.05) is 16.8 Å². The molecule has 6 nitrogen and oxygen atoms in total. The molecule has 0 unspecified atom stereocenters. The third-order valence-corrected chi connectivity index (χ3v) is 6.57. The van der Waals surface area contributed by atoms with Gasteiger partial charge in [0.25, 0.3) is 0 Å². The summed E-state index contributed by atoms with van der Waals surface area (Å²) in [6.45, 7) is 3.82. The van der Waals surface area contributed by atoms with Crippen LogP contribution in [0.25, 0.3) is 0 Å². The first kappa shape index (κ1) is 18.6. The lowest BCUT2D eigenvalue weighted by Crippen LogP contribution is -2.51. The summed E-state index contributed by atoms with van der Waals surface area (Å²) in [7, 11) is 1.30. The number of aliphatic carboxylic acids is 1. The molecular formula is C19H22NO5S-. The van der Waals surface area contributed by atoms with E-state index >= 15 is 0 Å². The van der Waals surface area contributed by atoms with Gasteiger partial charge < -0.3 is 20.0 Å². The lowest BCUT2D eigenvalue weighted by molar-refractivity contribution is -0.316. The molecule has 1 aromatic rings. The summed E-state index contributed by atoms with van der Waals surface area (Å²) >= 11 is 1.32. The van der Waals surface area contributed by atoms with Gasteiger partial charge >= 0.3 is 5.97 Å². The molecule has 7 heteroatoms. The Bertz CT molecular complexity index is 781. The number of hydrogen-bond acceptors (Lipinski definition) is 6. The third kappa shape index (κ3) is 3.05. The van der Waals surface area contributed by atoms with Crippen LogP contribution < -0.4 is 10.4 Å². The predicted octanol–water partition coefficient (Wildman–Crippen LogP) is 1.92. The number of carbonyl (C=O) groups is 3. The number of aryl methyl sites for hydroxylation is 1. The molecule has 1 aromatic heterocycles. The topological polar surface area (TPSA) is 95.5 Å². The number of anilines is 1. The van der Waals surface area contributed by atoms with Gasteiger partial charge in [0.05, 0.1) is 18.6 Å². The maximum absolute atomic E-state index is 13.0. The second kappa shape index (κ2) is 7.23. The molecule has 26 heavy (non-hydrogen) atoms. The monoisotopic (exact) mass is 376 g/mol. The largest absolute Gasteiger partial charge is 0.550 e. The molecule has 3 aliphatic rings. The van der Waals surface area contributed by atoms with Gasteiger partial charge in [0.2, 0.25) is 5.91 Å². The summed E-state index contributed by atoms with van der Waals surface area (Å²) in [5, 5.41) is 14.9. The van der Waals surface area contributed by atoms with E-state index in [1.165, 1.54) is 18.4 Å². The SMILES string of the molecule is CCc1c(C)sc(NC(=O)[C@@H]2[C@@H](C(=O)[O-])[C@H]3C=C[C@@H]2CC3)c1C(=O)OC. The number of esters is 1. The first-order valence-corrected chi connectivity index (χ1v) is 9.61. The van der Waals surface area contributed by atoms with Crippen LogP contribution in [-0.4, -0.2) is 25.0 Å². The maximum Gasteiger partial charge on any atom is 0.341 e. The van der Waals surface area contributed by atoms with Crippen LogP contribution >= 0.6 is 11.3 Å². The highest BCUT2D eigenvalue weighted by molar-refractivity contribution is 7.16.